The molecule has 9 heteroatoms. The van der Waals surface area contributed by atoms with Crippen molar-refractivity contribution in [2.45, 2.75) is 9.79 Å². The first-order valence-corrected chi connectivity index (χ1v) is 11.4. The van der Waals surface area contributed by atoms with Crippen LogP contribution in [-0.2, 0) is 9.84 Å². The average Bonchev–Trinajstić information content (AvgIpc) is 2.85. The number of ether oxygens (including phenoxy) is 2. The lowest BCUT2D eigenvalue weighted by molar-refractivity contribution is 0.463. The Hall–Kier alpha value is -4.05. The van der Waals surface area contributed by atoms with E-state index in [0.29, 0.717) is 22.9 Å². The number of hydrogen-bond acceptors (Lipinski definition) is 8. The van der Waals surface area contributed by atoms with Crippen molar-refractivity contribution in [3.05, 3.63) is 97.1 Å². The molecule has 0 amide bonds. The molecule has 0 atom stereocenters. The van der Waals surface area contributed by atoms with Gasteiger partial charge in [-0.3, -0.25) is 11.7 Å². The minimum absolute atomic E-state index is 0.0156. The standard InChI is InChI=1S/C24H22N4O4S/c25-27-17-9-1-3-11-19(17)31-21-13-5-7-15-23(21)33(29,30)24-16-8-6-14-22(24)32-20-12-4-2-10-18(20)28-26/h1-16,27-28H,25-26H2. The van der Waals surface area contributed by atoms with Gasteiger partial charge in [0.1, 0.15) is 21.3 Å². The smallest absolute Gasteiger partial charge is 0.213 e. The first-order valence-electron chi connectivity index (χ1n) is 9.94. The molecule has 0 unspecified atom stereocenters. The summed E-state index contributed by atoms with van der Waals surface area (Å²) < 4.78 is 39.3. The Morgan fingerprint density at radius 2 is 0.848 bits per heavy atom. The van der Waals surface area contributed by atoms with Crippen LogP contribution in [0.1, 0.15) is 0 Å². The number of rotatable bonds is 8. The number of anilines is 2. The van der Waals surface area contributed by atoms with Crippen LogP contribution in [0.4, 0.5) is 11.4 Å². The lowest BCUT2D eigenvalue weighted by atomic mass is 10.3. The van der Waals surface area contributed by atoms with E-state index >= 15 is 0 Å². The molecular formula is C24H22N4O4S. The second-order valence-electron chi connectivity index (χ2n) is 6.88. The normalized spacial score (nSPS) is 11.0. The van der Waals surface area contributed by atoms with Crippen LogP contribution in [0.15, 0.2) is 107 Å². The van der Waals surface area contributed by atoms with Crippen LogP contribution in [0.5, 0.6) is 23.0 Å². The highest BCUT2D eigenvalue weighted by Crippen LogP contribution is 2.39. The van der Waals surface area contributed by atoms with E-state index in [4.69, 9.17) is 21.2 Å². The highest BCUT2D eigenvalue weighted by Gasteiger charge is 2.26. The predicted octanol–water partition coefficient (Wildman–Crippen LogP) is 4.68. The maximum Gasteiger partial charge on any atom is 0.213 e. The third-order valence-corrected chi connectivity index (χ3v) is 6.63. The van der Waals surface area contributed by atoms with E-state index in [9.17, 15) is 8.42 Å². The highest BCUT2D eigenvalue weighted by atomic mass is 32.2. The molecule has 4 rings (SSSR count). The lowest BCUT2D eigenvalue weighted by Gasteiger charge is -2.16. The topological polar surface area (TPSA) is 129 Å². The molecular weight excluding hydrogens is 440 g/mol. The predicted molar refractivity (Wildman–Crippen MR) is 127 cm³/mol. The molecule has 0 aliphatic heterocycles. The molecule has 0 aliphatic carbocycles. The Morgan fingerprint density at radius 3 is 1.24 bits per heavy atom. The minimum atomic E-state index is -4.03. The number of nitrogen functional groups attached to an aromatic ring is 2. The highest BCUT2D eigenvalue weighted by molar-refractivity contribution is 7.91. The maximum absolute atomic E-state index is 13.7. The summed E-state index contributed by atoms with van der Waals surface area (Å²) in [6, 6.07) is 26.7. The summed E-state index contributed by atoms with van der Waals surface area (Å²) in [5.74, 6) is 12.2. The van der Waals surface area contributed by atoms with Gasteiger partial charge in [0.15, 0.2) is 11.5 Å². The van der Waals surface area contributed by atoms with Crippen LogP contribution in [0.3, 0.4) is 0 Å². The van der Waals surface area contributed by atoms with Crippen molar-refractivity contribution in [3.63, 3.8) is 0 Å². The zero-order chi connectivity index (χ0) is 23.3. The molecule has 6 N–H and O–H groups in total. The van der Waals surface area contributed by atoms with Crippen molar-refractivity contribution in [3.8, 4) is 23.0 Å². The first-order chi connectivity index (χ1) is 16.0. The van der Waals surface area contributed by atoms with Gasteiger partial charge in [-0.2, -0.15) is 0 Å². The van der Waals surface area contributed by atoms with Gasteiger partial charge in [-0.25, -0.2) is 8.42 Å². The molecule has 0 aromatic heterocycles. The molecule has 4 aromatic carbocycles. The Balaban J connectivity index is 1.76. The first kappa shape index (κ1) is 22.2. The van der Waals surface area contributed by atoms with Gasteiger partial charge in [0, 0.05) is 0 Å². The second-order valence-corrected chi connectivity index (χ2v) is 8.77. The van der Waals surface area contributed by atoms with Crippen LogP contribution >= 0.6 is 0 Å². The molecule has 0 radical (unpaired) electrons. The Morgan fingerprint density at radius 1 is 0.515 bits per heavy atom. The van der Waals surface area contributed by atoms with Gasteiger partial charge in [-0.05, 0) is 48.5 Å². The van der Waals surface area contributed by atoms with Crippen LogP contribution in [0.2, 0.25) is 0 Å². The van der Waals surface area contributed by atoms with E-state index in [2.05, 4.69) is 10.9 Å². The minimum Gasteiger partial charge on any atom is -0.454 e. The number of hydrazine groups is 2. The third kappa shape index (κ3) is 4.60. The fourth-order valence-electron chi connectivity index (χ4n) is 3.22. The fraction of sp³-hybridized carbons (Fsp3) is 0. The third-order valence-electron chi connectivity index (χ3n) is 4.80. The van der Waals surface area contributed by atoms with E-state index in [1.807, 2.05) is 0 Å². The lowest BCUT2D eigenvalue weighted by Crippen LogP contribution is -2.09. The molecule has 33 heavy (non-hydrogen) atoms. The van der Waals surface area contributed by atoms with Crippen LogP contribution in [0, 0.1) is 0 Å². The van der Waals surface area contributed by atoms with Crippen molar-refractivity contribution in [2.75, 3.05) is 10.9 Å². The second kappa shape index (κ2) is 9.61. The number of sulfone groups is 1. The fourth-order valence-corrected chi connectivity index (χ4v) is 4.72. The molecule has 0 bridgehead atoms. The van der Waals surface area contributed by atoms with E-state index in [1.165, 1.54) is 12.1 Å². The van der Waals surface area contributed by atoms with E-state index in [0.717, 1.165) is 0 Å². The Bertz CT molecular complexity index is 1280. The zero-order valence-corrected chi connectivity index (χ0v) is 18.3. The molecule has 0 heterocycles. The van der Waals surface area contributed by atoms with Crippen molar-refractivity contribution in [1.82, 2.24) is 0 Å². The molecule has 8 nitrogen and oxygen atoms in total. The van der Waals surface area contributed by atoms with Gasteiger partial charge in [0.2, 0.25) is 9.84 Å². The summed E-state index contributed by atoms with van der Waals surface area (Å²) in [7, 11) is -4.03. The molecule has 168 valence electrons. The van der Waals surface area contributed by atoms with Crippen LogP contribution in [-0.4, -0.2) is 8.42 Å². The van der Waals surface area contributed by atoms with Gasteiger partial charge >= 0.3 is 0 Å². The van der Waals surface area contributed by atoms with E-state index in [1.54, 1.807) is 84.9 Å². The molecule has 0 saturated carbocycles. The van der Waals surface area contributed by atoms with Gasteiger partial charge < -0.3 is 20.3 Å². The molecule has 0 fully saturated rings. The summed E-state index contributed by atoms with van der Waals surface area (Å²) in [6.07, 6.45) is 0. The monoisotopic (exact) mass is 462 g/mol. The van der Waals surface area contributed by atoms with Crippen molar-refractivity contribution >= 4 is 21.2 Å². The van der Waals surface area contributed by atoms with Crippen molar-refractivity contribution < 1.29 is 17.9 Å². The summed E-state index contributed by atoms with van der Waals surface area (Å²) >= 11 is 0. The number of benzene rings is 4. The van der Waals surface area contributed by atoms with E-state index in [-0.39, 0.29) is 21.3 Å². The number of hydrogen-bond donors (Lipinski definition) is 4. The average molecular weight is 463 g/mol. The van der Waals surface area contributed by atoms with Gasteiger partial charge in [0.05, 0.1) is 11.4 Å². The van der Waals surface area contributed by atoms with Crippen molar-refractivity contribution in [2.24, 2.45) is 11.7 Å². The van der Waals surface area contributed by atoms with Gasteiger partial charge in [-0.15, -0.1) is 0 Å². The summed E-state index contributed by atoms with van der Waals surface area (Å²) in [6.45, 7) is 0. The number of para-hydroxylation sites is 6. The summed E-state index contributed by atoms with van der Waals surface area (Å²) in [4.78, 5) is -0.0313. The summed E-state index contributed by atoms with van der Waals surface area (Å²) in [5.41, 5.74) is 6.11. The Kier molecular flexibility index (Phi) is 6.45. The quantitative estimate of drug-likeness (QED) is 0.220. The Labute approximate surface area is 191 Å². The number of nitrogens with two attached hydrogens (primary N) is 2. The molecule has 4 aromatic rings. The molecule has 0 saturated heterocycles. The maximum atomic E-state index is 13.7. The van der Waals surface area contributed by atoms with Crippen molar-refractivity contribution in [1.29, 1.82) is 0 Å². The zero-order valence-electron chi connectivity index (χ0n) is 17.4. The van der Waals surface area contributed by atoms with Gasteiger partial charge in [0.25, 0.3) is 0 Å². The largest absolute Gasteiger partial charge is 0.454 e. The summed E-state index contributed by atoms with van der Waals surface area (Å²) in [5, 5.41) is 0. The van der Waals surface area contributed by atoms with Crippen LogP contribution in [0.25, 0.3) is 0 Å². The molecule has 0 aliphatic rings. The van der Waals surface area contributed by atoms with E-state index < -0.39 is 9.84 Å². The number of nitrogens with one attached hydrogen (secondary N) is 2. The van der Waals surface area contributed by atoms with Gasteiger partial charge in [-0.1, -0.05) is 48.5 Å². The SMILES string of the molecule is NNc1ccccc1Oc1ccccc1S(=O)(=O)c1ccccc1Oc1ccccc1NN. The molecule has 0 spiro atoms. The van der Waals surface area contributed by atoms with Crippen LogP contribution < -0.4 is 32.0 Å².